The van der Waals surface area contributed by atoms with Gasteiger partial charge in [-0.15, -0.1) is 0 Å². The van der Waals surface area contributed by atoms with E-state index < -0.39 is 0 Å². The number of hydrogen-bond donors (Lipinski definition) is 0. The Kier molecular flexibility index (Phi) is 5.90. The van der Waals surface area contributed by atoms with Crippen molar-refractivity contribution < 1.29 is 9.47 Å². The van der Waals surface area contributed by atoms with Crippen LogP contribution in [0.15, 0.2) is 18.2 Å². The average molecular weight is 303 g/mol. The summed E-state index contributed by atoms with van der Waals surface area (Å²) in [5.74, 6) is 0.964. The average Bonchev–Trinajstić information content (AvgIpc) is 2.95. The number of unbranched alkanes of at least 4 members (excludes halogenated alkanes) is 1. The van der Waals surface area contributed by atoms with Crippen LogP contribution < -0.4 is 9.64 Å². The molecule has 3 nitrogen and oxygen atoms in total. The van der Waals surface area contributed by atoms with Gasteiger partial charge in [-0.25, -0.2) is 0 Å². The lowest BCUT2D eigenvalue weighted by Crippen LogP contribution is -2.25. The molecule has 0 aliphatic carbocycles. The smallest absolute Gasteiger partial charge is 0.142 e. The summed E-state index contributed by atoms with van der Waals surface area (Å²) in [6.07, 6.45) is 4.77. The van der Waals surface area contributed by atoms with Gasteiger partial charge in [-0.2, -0.15) is 0 Å². The molecule has 1 aromatic rings. The van der Waals surface area contributed by atoms with E-state index in [0.29, 0.717) is 6.61 Å². The van der Waals surface area contributed by atoms with E-state index in [1.54, 1.807) is 7.11 Å². The summed E-state index contributed by atoms with van der Waals surface area (Å²) in [6.45, 7) is 11.5. The predicted molar refractivity (Wildman–Crippen MR) is 93.9 cm³/mol. The SMILES string of the molecule is CCCCN(CC)c1c(OC)ccc(C2=CCOC2C)c1C. The Morgan fingerprint density at radius 1 is 1.32 bits per heavy atom. The molecule has 0 N–H and O–H groups in total. The quantitative estimate of drug-likeness (QED) is 0.743. The van der Waals surface area contributed by atoms with Gasteiger partial charge in [0.1, 0.15) is 5.75 Å². The lowest BCUT2D eigenvalue weighted by atomic mass is 9.95. The molecule has 1 heterocycles. The standard InChI is InChI=1S/C19H29NO2/c1-6-8-12-20(7-2)19-14(3)16(9-10-18(19)21-5)17-11-13-22-15(17)4/h9-11,15H,6-8,12-13H2,1-5H3. The van der Waals surface area contributed by atoms with Crippen molar-refractivity contribution in [2.24, 2.45) is 0 Å². The van der Waals surface area contributed by atoms with Crippen molar-refractivity contribution in [1.29, 1.82) is 0 Å². The monoisotopic (exact) mass is 303 g/mol. The maximum absolute atomic E-state index is 5.69. The Bertz CT molecular complexity index is 536. The first-order valence-corrected chi connectivity index (χ1v) is 8.38. The lowest BCUT2D eigenvalue weighted by Gasteiger charge is -2.28. The largest absolute Gasteiger partial charge is 0.495 e. The van der Waals surface area contributed by atoms with Gasteiger partial charge in [0.2, 0.25) is 0 Å². The van der Waals surface area contributed by atoms with E-state index in [2.05, 4.69) is 50.8 Å². The number of rotatable bonds is 7. The molecular formula is C19H29NO2. The Morgan fingerprint density at radius 2 is 2.09 bits per heavy atom. The Hall–Kier alpha value is -1.48. The van der Waals surface area contributed by atoms with Crippen LogP contribution in [0.4, 0.5) is 5.69 Å². The molecule has 0 spiro atoms. The number of nitrogens with zero attached hydrogens (tertiary/aromatic N) is 1. The molecular weight excluding hydrogens is 274 g/mol. The van der Waals surface area contributed by atoms with Crippen molar-refractivity contribution in [3.8, 4) is 5.75 Å². The van der Waals surface area contributed by atoms with E-state index in [9.17, 15) is 0 Å². The van der Waals surface area contributed by atoms with E-state index in [1.165, 1.54) is 35.2 Å². The molecule has 2 rings (SSSR count). The van der Waals surface area contributed by atoms with Crippen molar-refractivity contribution >= 4 is 11.3 Å². The summed E-state index contributed by atoms with van der Waals surface area (Å²) in [4.78, 5) is 2.43. The summed E-state index contributed by atoms with van der Waals surface area (Å²) >= 11 is 0. The first kappa shape index (κ1) is 16.9. The second kappa shape index (κ2) is 7.68. The summed E-state index contributed by atoms with van der Waals surface area (Å²) in [7, 11) is 1.76. The predicted octanol–water partition coefficient (Wildman–Crippen LogP) is 4.43. The molecule has 0 saturated carbocycles. The van der Waals surface area contributed by atoms with E-state index in [-0.39, 0.29) is 6.10 Å². The molecule has 22 heavy (non-hydrogen) atoms. The van der Waals surface area contributed by atoms with Crippen molar-refractivity contribution in [3.63, 3.8) is 0 Å². The highest BCUT2D eigenvalue weighted by Gasteiger charge is 2.22. The maximum Gasteiger partial charge on any atom is 0.142 e. The molecule has 1 atom stereocenters. The Balaban J connectivity index is 2.46. The molecule has 0 saturated heterocycles. The second-order valence-electron chi connectivity index (χ2n) is 5.86. The fourth-order valence-corrected chi connectivity index (χ4v) is 3.19. The highest BCUT2D eigenvalue weighted by molar-refractivity contribution is 5.79. The minimum atomic E-state index is 0.172. The van der Waals surface area contributed by atoms with Gasteiger partial charge in [-0.05, 0) is 50.0 Å². The van der Waals surface area contributed by atoms with Crippen molar-refractivity contribution in [2.75, 3.05) is 31.7 Å². The van der Waals surface area contributed by atoms with Crippen molar-refractivity contribution in [2.45, 2.75) is 46.6 Å². The third-order valence-electron chi connectivity index (χ3n) is 4.49. The first-order valence-electron chi connectivity index (χ1n) is 8.38. The number of anilines is 1. The van der Waals surface area contributed by atoms with Crippen LogP contribution in [0.3, 0.4) is 0 Å². The van der Waals surface area contributed by atoms with Crippen LogP contribution in [-0.2, 0) is 4.74 Å². The number of ether oxygens (including phenoxy) is 2. The van der Waals surface area contributed by atoms with E-state index in [1.807, 2.05) is 0 Å². The minimum absolute atomic E-state index is 0.172. The molecule has 1 aliphatic heterocycles. The van der Waals surface area contributed by atoms with Crippen LogP contribution in [0.5, 0.6) is 5.75 Å². The Labute approximate surface area is 134 Å². The molecule has 1 unspecified atom stereocenters. The molecule has 3 heteroatoms. The van der Waals surface area contributed by atoms with Gasteiger partial charge in [0, 0.05) is 13.1 Å². The first-order chi connectivity index (χ1) is 10.6. The summed E-state index contributed by atoms with van der Waals surface area (Å²) < 4.78 is 11.3. The molecule has 1 aromatic carbocycles. The van der Waals surface area contributed by atoms with Crippen LogP contribution in [-0.4, -0.2) is 32.9 Å². The van der Waals surface area contributed by atoms with Gasteiger partial charge in [0.15, 0.2) is 0 Å². The molecule has 0 radical (unpaired) electrons. The van der Waals surface area contributed by atoms with Gasteiger partial charge in [0.25, 0.3) is 0 Å². The van der Waals surface area contributed by atoms with E-state index in [4.69, 9.17) is 9.47 Å². The minimum Gasteiger partial charge on any atom is -0.495 e. The second-order valence-corrected chi connectivity index (χ2v) is 5.86. The van der Waals surface area contributed by atoms with Gasteiger partial charge >= 0.3 is 0 Å². The highest BCUT2D eigenvalue weighted by Crippen LogP contribution is 2.38. The summed E-state index contributed by atoms with van der Waals surface area (Å²) in [5, 5.41) is 0. The van der Waals surface area contributed by atoms with Crippen molar-refractivity contribution in [3.05, 3.63) is 29.3 Å². The Morgan fingerprint density at radius 3 is 2.64 bits per heavy atom. The highest BCUT2D eigenvalue weighted by atomic mass is 16.5. The third-order valence-corrected chi connectivity index (χ3v) is 4.49. The zero-order valence-corrected chi connectivity index (χ0v) is 14.6. The van der Waals surface area contributed by atoms with Crippen LogP contribution in [0, 0.1) is 6.92 Å². The summed E-state index contributed by atoms with van der Waals surface area (Å²) in [6, 6.07) is 4.26. The maximum atomic E-state index is 5.69. The van der Waals surface area contributed by atoms with Gasteiger partial charge in [0.05, 0.1) is 25.5 Å². The van der Waals surface area contributed by atoms with Gasteiger partial charge in [-0.3, -0.25) is 0 Å². The molecule has 0 aromatic heterocycles. The van der Waals surface area contributed by atoms with Gasteiger partial charge < -0.3 is 14.4 Å². The molecule has 0 bridgehead atoms. The molecule has 0 amide bonds. The van der Waals surface area contributed by atoms with Crippen LogP contribution >= 0.6 is 0 Å². The van der Waals surface area contributed by atoms with Crippen molar-refractivity contribution in [1.82, 2.24) is 0 Å². The molecule has 0 fully saturated rings. The van der Waals surface area contributed by atoms with Crippen LogP contribution in [0.1, 0.15) is 44.7 Å². The van der Waals surface area contributed by atoms with Crippen LogP contribution in [0.25, 0.3) is 5.57 Å². The zero-order valence-electron chi connectivity index (χ0n) is 14.6. The lowest BCUT2D eigenvalue weighted by molar-refractivity contribution is 0.147. The third kappa shape index (κ3) is 3.30. The number of hydrogen-bond acceptors (Lipinski definition) is 3. The summed E-state index contributed by atoms with van der Waals surface area (Å²) in [5.41, 5.74) is 5.11. The van der Waals surface area contributed by atoms with Crippen LogP contribution in [0.2, 0.25) is 0 Å². The normalized spacial score (nSPS) is 17.5. The molecule has 122 valence electrons. The fourth-order valence-electron chi connectivity index (χ4n) is 3.19. The van der Waals surface area contributed by atoms with E-state index in [0.717, 1.165) is 18.8 Å². The van der Waals surface area contributed by atoms with Gasteiger partial charge in [-0.1, -0.05) is 25.5 Å². The fraction of sp³-hybridized carbons (Fsp3) is 0.579. The number of methoxy groups -OCH3 is 1. The molecule has 1 aliphatic rings. The van der Waals surface area contributed by atoms with E-state index >= 15 is 0 Å². The topological polar surface area (TPSA) is 21.7 Å². The number of benzene rings is 1. The zero-order chi connectivity index (χ0) is 16.1.